The predicted molar refractivity (Wildman–Crippen MR) is 168 cm³/mol. The summed E-state index contributed by atoms with van der Waals surface area (Å²) in [6.45, 7) is 7.99. The highest BCUT2D eigenvalue weighted by molar-refractivity contribution is 7.07. The zero-order chi connectivity index (χ0) is 30.1. The summed E-state index contributed by atoms with van der Waals surface area (Å²) >= 11 is 13.8. The standard InChI is InChI=1S/C32H31Cl2N3O4S/c1-6-10-25-28(31(39)41-7-2)29(22-11-8-9-12-26(22)40-5)37-30(38)27(42-32(37)35-25)16-20-15-18(3)36(19(20)4)21-13-14-23(33)24(34)17-21/h8-9,11-17,29H,6-7,10H2,1-5H3/b27-16-/t29-/m1/s1. The van der Waals surface area contributed by atoms with Crippen LogP contribution in [0, 0.1) is 13.8 Å². The van der Waals surface area contributed by atoms with E-state index >= 15 is 0 Å². The van der Waals surface area contributed by atoms with Gasteiger partial charge in [0.2, 0.25) is 0 Å². The lowest BCUT2D eigenvalue weighted by Crippen LogP contribution is -2.40. The number of methoxy groups -OCH3 is 1. The van der Waals surface area contributed by atoms with E-state index in [1.807, 2.05) is 69.3 Å². The van der Waals surface area contributed by atoms with Crippen molar-refractivity contribution in [1.82, 2.24) is 9.13 Å². The van der Waals surface area contributed by atoms with Crippen LogP contribution in [0.5, 0.6) is 5.75 Å². The van der Waals surface area contributed by atoms with Gasteiger partial charge in [0, 0.05) is 22.6 Å². The van der Waals surface area contributed by atoms with Gasteiger partial charge in [0.25, 0.3) is 5.56 Å². The molecular formula is C32H31Cl2N3O4S. The van der Waals surface area contributed by atoms with Gasteiger partial charge in [-0.25, -0.2) is 9.79 Å². The molecule has 0 saturated carbocycles. The first-order chi connectivity index (χ1) is 20.2. The van der Waals surface area contributed by atoms with Crippen LogP contribution in [0.4, 0.5) is 0 Å². The zero-order valence-corrected chi connectivity index (χ0v) is 26.4. The van der Waals surface area contributed by atoms with E-state index in [1.165, 1.54) is 11.3 Å². The summed E-state index contributed by atoms with van der Waals surface area (Å²) in [5, 5.41) is 0.951. The summed E-state index contributed by atoms with van der Waals surface area (Å²) in [4.78, 5) is 33.0. The number of esters is 1. The number of halogens is 2. The van der Waals surface area contributed by atoms with Crippen molar-refractivity contribution >= 4 is 46.6 Å². The average Bonchev–Trinajstić information content (AvgIpc) is 3.43. The summed E-state index contributed by atoms with van der Waals surface area (Å²) < 4.78 is 15.3. The minimum Gasteiger partial charge on any atom is -0.496 e. The summed E-state index contributed by atoms with van der Waals surface area (Å²) in [6.07, 6.45) is 3.22. The van der Waals surface area contributed by atoms with Crippen LogP contribution in [0.1, 0.15) is 55.2 Å². The highest BCUT2D eigenvalue weighted by Crippen LogP contribution is 2.37. The van der Waals surface area contributed by atoms with Gasteiger partial charge in [-0.2, -0.15) is 0 Å². The van der Waals surface area contributed by atoms with E-state index in [0.717, 1.165) is 29.1 Å². The molecule has 1 atom stereocenters. The molecule has 0 amide bonds. The van der Waals surface area contributed by atoms with Crippen LogP contribution >= 0.6 is 34.5 Å². The molecular weight excluding hydrogens is 593 g/mol. The lowest BCUT2D eigenvalue weighted by atomic mass is 9.93. The van der Waals surface area contributed by atoms with Crippen molar-refractivity contribution in [1.29, 1.82) is 0 Å². The molecule has 4 aromatic rings. The first-order valence-corrected chi connectivity index (χ1v) is 15.3. The lowest BCUT2D eigenvalue weighted by molar-refractivity contribution is -0.139. The van der Waals surface area contributed by atoms with Crippen molar-refractivity contribution in [3.8, 4) is 11.4 Å². The molecule has 0 aliphatic carbocycles. The second-order valence-electron chi connectivity index (χ2n) is 9.92. The Morgan fingerprint density at radius 2 is 1.86 bits per heavy atom. The molecule has 1 aliphatic rings. The fourth-order valence-corrected chi connectivity index (χ4v) is 6.71. The normalized spacial score (nSPS) is 15.0. The molecule has 1 aliphatic heterocycles. The van der Waals surface area contributed by atoms with Crippen LogP contribution in [-0.4, -0.2) is 28.8 Å². The van der Waals surface area contributed by atoms with Crippen LogP contribution in [0.3, 0.4) is 0 Å². The van der Waals surface area contributed by atoms with E-state index in [2.05, 4.69) is 4.57 Å². The molecule has 7 nitrogen and oxygen atoms in total. The Kier molecular flexibility index (Phi) is 8.78. The maximum absolute atomic E-state index is 14.2. The molecule has 0 saturated heterocycles. The van der Waals surface area contributed by atoms with Crippen LogP contribution in [0.15, 0.2) is 69.6 Å². The van der Waals surface area contributed by atoms with Crippen LogP contribution in [0.2, 0.25) is 10.0 Å². The SMILES string of the molecule is CCCC1=C(C(=O)OCC)[C@@H](c2ccccc2OC)n2c(s/c(=C\c3cc(C)n(-c4ccc(Cl)c(Cl)c4)c3C)c2=O)=N1. The summed E-state index contributed by atoms with van der Waals surface area (Å²) in [7, 11) is 1.58. The molecule has 3 heterocycles. The maximum Gasteiger partial charge on any atom is 0.338 e. The summed E-state index contributed by atoms with van der Waals surface area (Å²) in [5.41, 5.74) is 5.11. The van der Waals surface area contributed by atoms with Gasteiger partial charge >= 0.3 is 5.97 Å². The van der Waals surface area contributed by atoms with E-state index in [9.17, 15) is 9.59 Å². The third kappa shape index (κ3) is 5.35. The monoisotopic (exact) mass is 623 g/mol. The number of hydrogen-bond acceptors (Lipinski definition) is 6. The Morgan fingerprint density at radius 1 is 1.10 bits per heavy atom. The number of benzene rings is 2. The Balaban J connectivity index is 1.74. The number of carbonyl (C=O) groups excluding carboxylic acids is 1. The Labute approximate surface area is 258 Å². The number of nitrogens with zero attached hydrogens (tertiary/aromatic N) is 3. The zero-order valence-electron chi connectivity index (χ0n) is 24.0. The quantitative estimate of drug-likeness (QED) is 0.216. The van der Waals surface area contributed by atoms with Crippen molar-refractivity contribution < 1.29 is 14.3 Å². The fraction of sp³-hybridized carbons (Fsp3) is 0.281. The molecule has 2 aromatic heterocycles. The fourth-order valence-electron chi connectivity index (χ4n) is 5.40. The van der Waals surface area contributed by atoms with Gasteiger partial charge in [-0.15, -0.1) is 0 Å². The van der Waals surface area contributed by atoms with Crippen molar-refractivity contribution in [2.24, 2.45) is 4.99 Å². The number of allylic oxidation sites excluding steroid dienone is 1. The summed E-state index contributed by atoms with van der Waals surface area (Å²) in [6, 6.07) is 14.2. The van der Waals surface area contributed by atoms with E-state index < -0.39 is 12.0 Å². The molecule has 10 heteroatoms. The van der Waals surface area contributed by atoms with Gasteiger partial charge in [-0.3, -0.25) is 9.36 Å². The first kappa shape index (κ1) is 29.9. The van der Waals surface area contributed by atoms with Gasteiger partial charge in [0.15, 0.2) is 4.80 Å². The number of thiazole rings is 1. The van der Waals surface area contributed by atoms with Crippen molar-refractivity contribution in [2.75, 3.05) is 13.7 Å². The van der Waals surface area contributed by atoms with Gasteiger partial charge in [-0.1, -0.05) is 66.1 Å². The van der Waals surface area contributed by atoms with Crippen LogP contribution in [-0.2, 0) is 9.53 Å². The molecule has 0 spiro atoms. The third-order valence-corrected chi connectivity index (χ3v) is 8.97. The van der Waals surface area contributed by atoms with Crippen molar-refractivity contribution in [3.05, 3.63) is 112 Å². The average molecular weight is 625 g/mol. The van der Waals surface area contributed by atoms with Crippen molar-refractivity contribution in [3.63, 3.8) is 0 Å². The van der Waals surface area contributed by atoms with E-state index in [4.69, 9.17) is 37.7 Å². The Morgan fingerprint density at radius 3 is 2.55 bits per heavy atom. The topological polar surface area (TPSA) is 74.8 Å². The number of carbonyl (C=O) groups is 1. The van der Waals surface area contributed by atoms with Crippen LogP contribution < -0.4 is 19.6 Å². The van der Waals surface area contributed by atoms with E-state index in [0.29, 0.717) is 48.4 Å². The lowest BCUT2D eigenvalue weighted by Gasteiger charge is -2.26. The minimum absolute atomic E-state index is 0.208. The smallest absolute Gasteiger partial charge is 0.338 e. The van der Waals surface area contributed by atoms with Gasteiger partial charge in [0.1, 0.15) is 11.8 Å². The van der Waals surface area contributed by atoms with Gasteiger partial charge < -0.3 is 14.0 Å². The van der Waals surface area contributed by atoms with E-state index in [-0.39, 0.29) is 12.2 Å². The molecule has 0 bridgehead atoms. The Hall–Kier alpha value is -3.59. The number of ether oxygens (including phenoxy) is 2. The molecule has 0 radical (unpaired) electrons. The van der Waals surface area contributed by atoms with Gasteiger partial charge in [-0.05, 0) is 69.2 Å². The van der Waals surface area contributed by atoms with E-state index in [1.54, 1.807) is 24.7 Å². The molecule has 2 aromatic carbocycles. The molecule has 0 N–H and O–H groups in total. The second-order valence-corrected chi connectivity index (χ2v) is 11.7. The number of aromatic nitrogens is 2. The molecule has 218 valence electrons. The number of fused-ring (bicyclic) bond motifs is 1. The van der Waals surface area contributed by atoms with Crippen LogP contribution in [0.25, 0.3) is 11.8 Å². The number of hydrogen-bond donors (Lipinski definition) is 0. The number of rotatable bonds is 8. The highest BCUT2D eigenvalue weighted by Gasteiger charge is 2.35. The predicted octanol–water partition coefficient (Wildman–Crippen LogP) is 6.30. The molecule has 0 unspecified atom stereocenters. The largest absolute Gasteiger partial charge is 0.496 e. The minimum atomic E-state index is -0.746. The molecule has 5 rings (SSSR count). The maximum atomic E-state index is 14.2. The second kappa shape index (κ2) is 12.3. The van der Waals surface area contributed by atoms with Crippen molar-refractivity contribution in [2.45, 2.75) is 46.6 Å². The third-order valence-electron chi connectivity index (χ3n) is 7.24. The summed E-state index contributed by atoms with van der Waals surface area (Å²) in [5.74, 6) is 0.0851. The number of para-hydroxylation sites is 1. The van der Waals surface area contributed by atoms with Gasteiger partial charge in [0.05, 0.1) is 39.6 Å². The molecule has 0 fully saturated rings. The number of aryl methyl sites for hydroxylation is 1. The molecule has 42 heavy (non-hydrogen) atoms. The first-order valence-electron chi connectivity index (χ1n) is 13.7. The highest BCUT2D eigenvalue weighted by atomic mass is 35.5. The Bertz CT molecular complexity index is 1900.